The fourth-order valence-electron chi connectivity index (χ4n) is 3.01. The molecule has 5 heteroatoms. The summed E-state index contributed by atoms with van der Waals surface area (Å²) in [5.74, 6) is 0.819. The second-order valence-electron chi connectivity index (χ2n) is 6.38. The molecule has 2 aromatic carbocycles. The van der Waals surface area contributed by atoms with Crippen molar-refractivity contribution in [3.63, 3.8) is 0 Å². The Morgan fingerprint density at radius 3 is 2.67 bits per heavy atom. The molecule has 0 atom stereocenters. The molecule has 0 bridgehead atoms. The Labute approximate surface area is 161 Å². The number of fused-ring (bicyclic) bond motifs is 2. The zero-order valence-electron chi connectivity index (χ0n) is 14.9. The Balaban J connectivity index is 1.75. The van der Waals surface area contributed by atoms with Gasteiger partial charge in [0, 0.05) is 12.3 Å². The Morgan fingerprint density at radius 2 is 1.85 bits per heavy atom. The molecular weight excluding hydrogens is 360 g/mol. The third-order valence-corrected chi connectivity index (χ3v) is 4.72. The topological polar surface area (TPSA) is 43.6 Å². The van der Waals surface area contributed by atoms with Crippen LogP contribution in [0.15, 0.2) is 65.6 Å². The summed E-state index contributed by atoms with van der Waals surface area (Å²) in [5, 5.41) is 2.58. The van der Waals surface area contributed by atoms with Crippen LogP contribution in [0, 0.1) is 6.92 Å². The van der Waals surface area contributed by atoms with Gasteiger partial charge in [0.2, 0.25) is 0 Å². The number of hydrogen-bond donors (Lipinski definition) is 0. The summed E-state index contributed by atoms with van der Waals surface area (Å²) in [5.41, 5.74) is 2.80. The van der Waals surface area contributed by atoms with E-state index < -0.39 is 0 Å². The van der Waals surface area contributed by atoms with Crippen LogP contribution < -0.4 is 10.3 Å². The van der Waals surface area contributed by atoms with Gasteiger partial charge in [-0.25, -0.2) is 4.98 Å². The molecule has 4 aromatic rings. The molecule has 0 N–H and O–H groups in total. The molecule has 4 rings (SSSR count). The number of benzene rings is 2. The second-order valence-corrected chi connectivity index (χ2v) is 6.79. The van der Waals surface area contributed by atoms with Crippen LogP contribution in [-0.4, -0.2) is 16.5 Å². The van der Waals surface area contributed by atoms with Gasteiger partial charge in [-0.3, -0.25) is 9.20 Å². The van der Waals surface area contributed by atoms with Crippen LogP contribution in [0.1, 0.15) is 16.8 Å². The van der Waals surface area contributed by atoms with Gasteiger partial charge >= 0.3 is 0 Å². The van der Waals surface area contributed by atoms with E-state index in [0.717, 1.165) is 27.6 Å². The first-order valence-electron chi connectivity index (χ1n) is 8.49. The largest absolute Gasteiger partial charge is 0.497 e. The lowest BCUT2D eigenvalue weighted by atomic mass is 10.1. The summed E-state index contributed by atoms with van der Waals surface area (Å²) in [7, 11) is 1.65. The number of ether oxygens (including phenoxy) is 1. The van der Waals surface area contributed by atoms with E-state index >= 15 is 0 Å². The smallest absolute Gasteiger partial charge is 0.258 e. The predicted molar refractivity (Wildman–Crippen MR) is 110 cm³/mol. The lowest BCUT2D eigenvalue weighted by Crippen LogP contribution is -2.15. The molecule has 0 saturated heterocycles. The molecule has 134 valence electrons. The molecular formula is C22H17ClN2O2. The summed E-state index contributed by atoms with van der Waals surface area (Å²) in [6, 6.07) is 17.1. The maximum Gasteiger partial charge on any atom is 0.258 e. The zero-order chi connectivity index (χ0) is 19.0. The molecule has 4 nitrogen and oxygen atoms in total. The number of halogens is 1. The molecule has 0 fully saturated rings. The second kappa shape index (κ2) is 6.89. The van der Waals surface area contributed by atoms with E-state index in [1.54, 1.807) is 13.3 Å². The van der Waals surface area contributed by atoms with Crippen LogP contribution >= 0.6 is 11.6 Å². The molecule has 0 aliphatic carbocycles. The minimum Gasteiger partial charge on any atom is -0.497 e. The molecule has 0 spiro atoms. The molecule has 0 aliphatic heterocycles. The Kier molecular flexibility index (Phi) is 4.42. The van der Waals surface area contributed by atoms with Crippen LogP contribution in [-0.2, 0) is 0 Å². The minimum atomic E-state index is -0.157. The molecule has 0 amide bonds. The van der Waals surface area contributed by atoms with Crippen molar-refractivity contribution >= 4 is 39.1 Å². The quantitative estimate of drug-likeness (QED) is 0.510. The molecule has 27 heavy (non-hydrogen) atoms. The van der Waals surface area contributed by atoms with Crippen molar-refractivity contribution in [3.05, 3.63) is 88.0 Å². The van der Waals surface area contributed by atoms with Crippen molar-refractivity contribution in [2.75, 3.05) is 7.11 Å². The number of methoxy groups -OCH3 is 1. The number of rotatable bonds is 3. The van der Waals surface area contributed by atoms with Gasteiger partial charge in [-0.05, 0) is 59.2 Å². The van der Waals surface area contributed by atoms with Crippen LogP contribution in [0.25, 0.3) is 27.5 Å². The van der Waals surface area contributed by atoms with Crippen LogP contribution in [0.2, 0.25) is 0 Å². The highest BCUT2D eigenvalue weighted by molar-refractivity contribution is 6.51. The molecule has 2 aromatic heterocycles. The minimum absolute atomic E-state index is 0.157. The van der Waals surface area contributed by atoms with Gasteiger partial charge in [0.15, 0.2) is 0 Å². The highest BCUT2D eigenvalue weighted by Gasteiger charge is 2.07. The molecule has 2 heterocycles. The van der Waals surface area contributed by atoms with Gasteiger partial charge in [-0.2, -0.15) is 0 Å². The lowest BCUT2D eigenvalue weighted by Gasteiger charge is -2.06. The summed E-state index contributed by atoms with van der Waals surface area (Å²) >= 11 is 6.47. The summed E-state index contributed by atoms with van der Waals surface area (Å²) < 4.78 is 6.78. The molecule has 0 saturated carbocycles. The highest BCUT2D eigenvalue weighted by Crippen LogP contribution is 2.25. The number of nitrogens with zero attached hydrogens (tertiary/aromatic N) is 2. The van der Waals surface area contributed by atoms with Crippen molar-refractivity contribution in [1.29, 1.82) is 0 Å². The molecule has 0 aliphatic rings. The van der Waals surface area contributed by atoms with Gasteiger partial charge in [-0.15, -0.1) is 0 Å². The predicted octanol–water partition coefficient (Wildman–Crippen LogP) is 4.90. The number of hydrogen-bond acceptors (Lipinski definition) is 3. The standard InChI is InChI=1S/C22H17ClN2O2/c1-14-3-8-21-24-20(12-22(26)25(21)13-14)19(23)10-15-4-5-17-11-18(27-2)7-6-16(17)9-15/h3-13H,1-2H3/b19-10-. The number of aromatic nitrogens is 2. The maximum absolute atomic E-state index is 12.4. The van der Waals surface area contributed by atoms with Gasteiger partial charge in [0.1, 0.15) is 11.4 Å². The summed E-state index contributed by atoms with van der Waals surface area (Å²) in [6.45, 7) is 1.93. The first kappa shape index (κ1) is 17.3. The van der Waals surface area contributed by atoms with Gasteiger partial charge < -0.3 is 4.74 Å². The highest BCUT2D eigenvalue weighted by atomic mass is 35.5. The van der Waals surface area contributed by atoms with Crippen molar-refractivity contribution in [2.24, 2.45) is 0 Å². The van der Waals surface area contributed by atoms with E-state index in [-0.39, 0.29) is 5.56 Å². The molecule has 0 unspecified atom stereocenters. The van der Waals surface area contributed by atoms with Crippen LogP contribution in [0.3, 0.4) is 0 Å². The van der Waals surface area contributed by atoms with E-state index in [0.29, 0.717) is 16.4 Å². The van der Waals surface area contributed by atoms with E-state index in [1.165, 1.54) is 10.5 Å². The van der Waals surface area contributed by atoms with Crippen LogP contribution in [0.4, 0.5) is 0 Å². The molecule has 0 radical (unpaired) electrons. The SMILES string of the molecule is COc1ccc2cc(/C=C(\Cl)c3cc(=O)n4cc(C)ccc4n3)ccc2c1. The third kappa shape index (κ3) is 3.44. The van der Waals surface area contributed by atoms with Gasteiger partial charge in [0.25, 0.3) is 5.56 Å². The zero-order valence-corrected chi connectivity index (χ0v) is 15.7. The first-order valence-corrected chi connectivity index (χ1v) is 8.87. The average molecular weight is 377 g/mol. The fourth-order valence-corrected chi connectivity index (χ4v) is 3.23. The van der Waals surface area contributed by atoms with Gasteiger partial charge in [-0.1, -0.05) is 35.9 Å². The maximum atomic E-state index is 12.4. The van der Waals surface area contributed by atoms with Crippen molar-refractivity contribution in [2.45, 2.75) is 6.92 Å². The Morgan fingerprint density at radius 1 is 1.07 bits per heavy atom. The van der Waals surface area contributed by atoms with E-state index in [2.05, 4.69) is 4.98 Å². The average Bonchev–Trinajstić information content (AvgIpc) is 2.68. The first-order chi connectivity index (χ1) is 13.0. The van der Waals surface area contributed by atoms with Gasteiger partial charge in [0.05, 0.1) is 17.8 Å². The fraction of sp³-hybridized carbons (Fsp3) is 0.0909. The van der Waals surface area contributed by atoms with Crippen LogP contribution in [0.5, 0.6) is 5.75 Å². The van der Waals surface area contributed by atoms with Crippen molar-refractivity contribution in [1.82, 2.24) is 9.38 Å². The van der Waals surface area contributed by atoms with Crippen molar-refractivity contribution < 1.29 is 4.74 Å². The Hall–Kier alpha value is -3.11. The lowest BCUT2D eigenvalue weighted by molar-refractivity contribution is 0.415. The Bertz CT molecular complexity index is 1260. The van der Waals surface area contributed by atoms with Crippen molar-refractivity contribution in [3.8, 4) is 5.75 Å². The number of aryl methyl sites for hydroxylation is 1. The van der Waals surface area contributed by atoms with E-state index in [4.69, 9.17) is 16.3 Å². The summed E-state index contributed by atoms with van der Waals surface area (Å²) in [6.07, 6.45) is 3.58. The van der Waals surface area contributed by atoms with E-state index in [1.807, 2.05) is 61.5 Å². The monoisotopic (exact) mass is 376 g/mol. The number of pyridine rings is 1. The van der Waals surface area contributed by atoms with E-state index in [9.17, 15) is 4.79 Å². The third-order valence-electron chi connectivity index (χ3n) is 4.42. The summed E-state index contributed by atoms with van der Waals surface area (Å²) in [4.78, 5) is 16.9. The normalized spacial score (nSPS) is 11.9.